The van der Waals surface area contributed by atoms with Crippen molar-refractivity contribution in [3.63, 3.8) is 0 Å². The molecule has 7 heteroatoms. The highest BCUT2D eigenvalue weighted by atomic mass is 32.2. The van der Waals surface area contributed by atoms with E-state index in [1.807, 2.05) is 0 Å². The molecule has 0 aromatic rings. The molecule has 0 aromatic carbocycles. The van der Waals surface area contributed by atoms with Crippen LogP contribution in [-0.4, -0.2) is 56.6 Å². The molecule has 0 spiro atoms. The zero-order chi connectivity index (χ0) is 15.3. The van der Waals surface area contributed by atoms with E-state index in [0.29, 0.717) is 25.4 Å². The fourth-order valence-corrected chi connectivity index (χ4v) is 4.55. The summed E-state index contributed by atoms with van der Waals surface area (Å²) >= 11 is 0. The van der Waals surface area contributed by atoms with Crippen molar-refractivity contribution in [3.8, 4) is 0 Å². The Morgan fingerprint density at radius 2 is 2.05 bits per heavy atom. The Bertz CT molecular complexity index is 446. The Labute approximate surface area is 127 Å². The lowest BCUT2D eigenvalue weighted by Gasteiger charge is -2.30. The van der Waals surface area contributed by atoms with E-state index in [2.05, 4.69) is 17.6 Å². The van der Waals surface area contributed by atoms with Crippen molar-refractivity contribution in [1.29, 1.82) is 0 Å². The Morgan fingerprint density at radius 1 is 1.33 bits per heavy atom. The average molecular weight is 317 g/mol. The summed E-state index contributed by atoms with van der Waals surface area (Å²) in [7, 11) is -3.16. The molecule has 2 aliphatic heterocycles. The van der Waals surface area contributed by atoms with E-state index in [9.17, 15) is 13.2 Å². The van der Waals surface area contributed by atoms with Crippen molar-refractivity contribution in [2.24, 2.45) is 5.92 Å². The van der Waals surface area contributed by atoms with E-state index >= 15 is 0 Å². The zero-order valence-electron chi connectivity index (χ0n) is 12.8. The number of carbonyl (C=O) groups excluding carboxylic acids is 1. The highest BCUT2D eigenvalue weighted by molar-refractivity contribution is 7.89. The molecule has 1 amide bonds. The van der Waals surface area contributed by atoms with Gasteiger partial charge in [-0.15, -0.1) is 0 Å². The molecular formula is C14H27N3O3S. The van der Waals surface area contributed by atoms with Crippen LogP contribution in [0.25, 0.3) is 0 Å². The van der Waals surface area contributed by atoms with Gasteiger partial charge in [0, 0.05) is 32.1 Å². The van der Waals surface area contributed by atoms with Crippen LogP contribution in [-0.2, 0) is 14.8 Å². The summed E-state index contributed by atoms with van der Waals surface area (Å²) in [6.07, 6.45) is 3.66. The van der Waals surface area contributed by atoms with E-state index < -0.39 is 10.0 Å². The maximum Gasteiger partial charge on any atom is 0.220 e. The minimum atomic E-state index is -3.16. The Kier molecular flexibility index (Phi) is 6.01. The van der Waals surface area contributed by atoms with Gasteiger partial charge in [-0.25, -0.2) is 12.7 Å². The van der Waals surface area contributed by atoms with Gasteiger partial charge >= 0.3 is 0 Å². The number of rotatable bonds is 6. The predicted molar refractivity (Wildman–Crippen MR) is 82.4 cm³/mol. The molecule has 2 unspecified atom stereocenters. The number of amides is 1. The van der Waals surface area contributed by atoms with Crippen molar-refractivity contribution < 1.29 is 13.2 Å². The number of carbonyl (C=O) groups is 1. The lowest BCUT2D eigenvalue weighted by atomic mass is 9.95. The van der Waals surface area contributed by atoms with Gasteiger partial charge in [-0.1, -0.05) is 6.92 Å². The standard InChI is InChI=1S/C14H27N3O3S/c1-12-6-7-15-11-13(12)16-14(18)5-4-10-21(19,20)17-8-2-3-9-17/h12-13,15H,2-11H2,1H3,(H,16,18). The number of sulfonamides is 1. The molecular weight excluding hydrogens is 290 g/mol. The van der Waals surface area contributed by atoms with Crippen LogP contribution in [0.5, 0.6) is 0 Å². The predicted octanol–water partition coefficient (Wildman–Crippen LogP) is 0.306. The van der Waals surface area contributed by atoms with Gasteiger partial charge in [0.15, 0.2) is 0 Å². The van der Waals surface area contributed by atoms with Crippen molar-refractivity contribution in [1.82, 2.24) is 14.9 Å². The van der Waals surface area contributed by atoms with E-state index in [0.717, 1.165) is 32.4 Å². The van der Waals surface area contributed by atoms with Crippen LogP contribution in [0.4, 0.5) is 0 Å². The van der Waals surface area contributed by atoms with Gasteiger partial charge in [0.25, 0.3) is 0 Å². The zero-order valence-corrected chi connectivity index (χ0v) is 13.6. The van der Waals surface area contributed by atoms with Crippen molar-refractivity contribution in [2.45, 2.75) is 45.1 Å². The number of hydrogen-bond donors (Lipinski definition) is 2. The summed E-state index contributed by atoms with van der Waals surface area (Å²) in [6.45, 7) is 5.23. The van der Waals surface area contributed by atoms with Gasteiger partial charge in [0.2, 0.25) is 15.9 Å². The molecule has 2 fully saturated rings. The third-order valence-corrected chi connectivity index (χ3v) is 6.40. The maximum absolute atomic E-state index is 12.0. The van der Waals surface area contributed by atoms with Crippen LogP contribution in [0.3, 0.4) is 0 Å². The van der Waals surface area contributed by atoms with Crippen LogP contribution in [0.1, 0.15) is 39.0 Å². The molecule has 0 radical (unpaired) electrons. The van der Waals surface area contributed by atoms with E-state index in [-0.39, 0.29) is 24.1 Å². The summed E-state index contributed by atoms with van der Waals surface area (Å²) in [5.41, 5.74) is 0. The van der Waals surface area contributed by atoms with E-state index in [1.165, 1.54) is 0 Å². The van der Waals surface area contributed by atoms with Crippen molar-refractivity contribution in [2.75, 3.05) is 31.9 Å². The molecule has 2 heterocycles. The van der Waals surface area contributed by atoms with Gasteiger partial charge in [0.1, 0.15) is 0 Å². The molecule has 2 aliphatic rings. The third-order valence-electron chi connectivity index (χ3n) is 4.44. The van der Waals surface area contributed by atoms with Crippen LogP contribution in [0.15, 0.2) is 0 Å². The summed E-state index contributed by atoms with van der Waals surface area (Å²) < 4.78 is 25.6. The summed E-state index contributed by atoms with van der Waals surface area (Å²) in [5, 5.41) is 6.29. The molecule has 122 valence electrons. The first-order chi connectivity index (χ1) is 9.99. The molecule has 0 aliphatic carbocycles. The van der Waals surface area contributed by atoms with Crippen LogP contribution >= 0.6 is 0 Å². The Balaban J connectivity index is 1.69. The van der Waals surface area contributed by atoms with Crippen molar-refractivity contribution >= 4 is 15.9 Å². The van der Waals surface area contributed by atoms with Crippen LogP contribution < -0.4 is 10.6 Å². The smallest absolute Gasteiger partial charge is 0.220 e. The monoisotopic (exact) mass is 317 g/mol. The fraction of sp³-hybridized carbons (Fsp3) is 0.929. The van der Waals surface area contributed by atoms with E-state index in [4.69, 9.17) is 0 Å². The molecule has 0 saturated carbocycles. The Morgan fingerprint density at radius 3 is 2.71 bits per heavy atom. The lowest BCUT2D eigenvalue weighted by molar-refractivity contribution is -0.122. The molecule has 6 nitrogen and oxygen atoms in total. The summed E-state index contributed by atoms with van der Waals surface area (Å²) in [5.74, 6) is 0.523. The Hall–Kier alpha value is -0.660. The second kappa shape index (κ2) is 7.56. The second-order valence-corrected chi connectivity index (χ2v) is 8.26. The first-order valence-corrected chi connectivity index (χ1v) is 9.58. The second-order valence-electron chi connectivity index (χ2n) is 6.17. The fourth-order valence-electron chi connectivity index (χ4n) is 2.97. The molecule has 2 N–H and O–H groups in total. The van der Waals surface area contributed by atoms with Gasteiger partial charge in [-0.2, -0.15) is 0 Å². The molecule has 2 saturated heterocycles. The van der Waals surface area contributed by atoms with Gasteiger partial charge in [-0.05, 0) is 38.1 Å². The molecule has 21 heavy (non-hydrogen) atoms. The quantitative estimate of drug-likeness (QED) is 0.739. The first kappa shape index (κ1) is 16.7. The highest BCUT2D eigenvalue weighted by Crippen LogP contribution is 2.15. The largest absolute Gasteiger partial charge is 0.352 e. The summed E-state index contributed by atoms with van der Waals surface area (Å²) in [6, 6.07) is 0.168. The number of piperidine rings is 1. The van der Waals surface area contributed by atoms with Crippen LogP contribution in [0, 0.1) is 5.92 Å². The number of hydrogen-bond acceptors (Lipinski definition) is 4. The minimum absolute atomic E-state index is 0.0350. The van der Waals surface area contributed by atoms with Gasteiger partial charge in [-0.3, -0.25) is 4.79 Å². The SMILES string of the molecule is CC1CCNCC1NC(=O)CCCS(=O)(=O)N1CCCC1. The minimum Gasteiger partial charge on any atom is -0.352 e. The third kappa shape index (κ3) is 4.93. The molecule has 0 bridgehead atoms. The topological polar surface area (TPSA) is 78.5 Å². The molecule has 0 aromatic heterocycles. The van der Waals surface area contributed by atoms with E-state index in [1.54, 1.807) is 4.31 Å². The maximum atomic E-state index is 12.0. The van der Waals surface area contributed by atoms with Gasteiger partial charge < -0.3 is 10.6 Å². The molecule has 2 rings (SSSR count). The molecule has 2 atom stereocenters. The number of nitrogens with one attached hydrogen (secondary N) is 2. The average Bonchev–Trinajstić information content (AvgIpc) is 2.96. The lowest BCUT2D eigenvalue weighted by Crippen LogP contribution is -2.50. The normalized spacial score (nSPS) is 27.7. The number of nitrogens with zero attached hydrogens (tertiary/aromatic N) is 1. The van der Waals surface area contributed by atoms with Gasteiger partial charge in [0.05, 0.1) is 5.75 Å². The highest BCUT2D eigenvalue weighted by Gasteiger charge is 2.26. The van der Waals surface area contributed by atoms with Crippen LogP contribution in [0.2, 0.25) is 0 Å². The summed E-state index contributed by atoms with van der Waals surface area (Å²) in [4.78, 5) is 11.9. The first-order valence-electron chi connectivity index (χ1n) is 7.97. The van der Waals surface area contributed by atoms with Crippen molar-refractivity contribution in [3.05, 3.63) is 0 Å².